The molecule has 0 saturated carbocycles. The van der Waals surface area contributed by atoms with E-state index in [2.05, 4.69) is 10.3 Å². The molecule has 3 heterocycles. The standard InChI is InChI=1S/C21H23N3O4/c1-13-11-19(23-27-13)20-5-4-10-24(20)21(25)16-6-8-17(9-7-16)26-12-18-14(2)22-28-15(18)3/h6-9,11,20H,4-5,10,12H2,1-3H3/t20-/m1/s1. The summed E-state index contributed by atoms with van der Waals surface area (Å²) in [5.74, 6) is 2.21. The van der Waals surface area contributed by atoms with Gasteiger partial charge in [-0.05, 0) is 57.9 Å². The molecule has 1 aliphatic heterocycles. The van der Waals surface area contributed by atoms with Crippen LogP contribution in [0, 0.1) is 20.8 Å². The number of hydrogen-bond donors (Lipinski definition) is 0. The third-order valence-corrected chi connectivity index (χ3v) is 5.17. The summed E-state index contributed by atoms with van der Waals surface area (Å²) in [7, 11) is 0. The van der Waals surface area contributed by atoms with Crippen LogP contribution in [-0.2, 0) is 6.61 Å². The fourth-order valence-corrected chi connectivity index (χ4v) is 3.58. The quantitative estimate of drug-likeness (QED) is 0.660. The number of ether oxygens (including phenoxy) is 1. The lowest BCUT2D eigenvalue weighted by Gasteiger charge is -2.23. The van der Waals surface area contributed by atoms with Crippen LogP contribution in [0.3, 0.4) is 0 Å². The predicted molar refractivity (Wildman–Crippen MR) is 101 cm³/mol. The highest BCUT2D eigenvalue weighted by molar-refractivity contribution is 5.94. The first-order valence-electron chi connectivity index (χ1n) is 9.41. The third kappa shape index (κ3) is 3.52. The van der Waals surface area contributed by atoms with E-state index in [0.29, 0.717) is 17.9 Å². The Kier molecular flexibility index (Phi) is 4.90. The van der Waals surface area contributed by atoms with Crippen LogP contribution in [0.4, 0.5) is 0 Å². The Morgan fingerprint density at radius 3 is 2.61 bits per heavy atom. The molecule has 1 aromatic carbocycles. The second-order valence-corrected chi connectivity index (χ2v) is 7.13. The van der Waals surface area contributed by atoms with Gasteiger partial charge in [0.15, 0.2) is 0 Å². The topological polar surface area (TPSA) is 81.6 Å². The molecular formula is C21H23N3O4. The minimum Gasteiger partial charge on any atom is -0.489 e. The first-order valence-corrected chi connectivity index (χ1v) is 9.41. The SMILES string of the molecule is Cc1cc([C@H]2CCCN2C(=O)c2ccc(OCc3c(C)noc3C)cc2)no1. The second kappa shape index (κ2) is 7.50. The minimum atomic E-state index is -0.0274. The maximum absolute atomic E-state index is 13.0. The predicted octanol–water partition coefficient (Wildman–Crippen LogP) is 4.14. The smallest absolute Gasteiger partial charge is 0.254 e. The monoisotopic (exact) mass is 381 g/mol. The van der Waals surface area contributed by atoms with E-state index in [0.717, 1.165) is 47.9 Å². The van der Waals surface area contributed by atoms with E-state index in [1.807, 2.05) is 43.9 Å². The molecule has 1 saturated heterocycles. The van der Waals surface area contributed by atoms with Crippen molar-refractivity contribution >= 4 is 5.91 Å². The Balaban J connectivity index is 1.43. The fraction of sp³-hybridized carbons (Fsp3) is 0.381. The summed E-state index contributed by atoms with van der Waals surface area (Å²) >= 11 is 0. The summed E-state index contributed by atoms with van der Waals surface area (Å²) in [6.07, 6.45) is 1.86. The molecule has 0 N–H and O–H groups in total. The van der Waals surface area contributed by atoms with E-state index in [9.17, 15) is 4.79 Å². The van der Waals surface area contributed by atoms with Crippen molar-refractivity contribution < 1.29 is 18.6 Å². The van der Waals surface area contributed by atoms with Gasteiger partial charge in [-0.2, -0.15) is 0 Å². The van der Waals surface area contributed by atoms with E-state index in [1.54, 1.807) is 12.1 Å². The summed E-state index contributed by atoms with van der Waals surface area (Å²) in [6, 6.07) is 9.11. The molecule has 2 aromatic heterocycles. The van der Waals surface area contributed by atoms with Gasteiger partial charge in [-0.25, -0.2) is 0 Å². The Bertz CT molecular complexity index is 954. The number of carbonyl (C=O) groups excluding carboxylic acids is 1. The number of nitrogens with zero attached hydrogens (tertiary/aromatic N) is 3. The zero-order valence-corrected chi connectivity index (χ0v) is 16.3. The molecule has 28 heavy (non-hydrogen) atoms. The molecule has 7 nitrogen and oxygen atoms in total. The maximum Gasteiger partial charge on any atom is 0.254 e. The van der Waals surface area contributed by atoms with Gasteiger partial charge in [0.1, 0.15) is 29.6 Å². The van der Waals surface area contributed by atoms with Gasteiger partial charge in [-0.3, -0.25) is 4.79 Å². The Morgan fingerprint density at radius 1 is 1.18 bits per heavy atom. The molecular weight excluding hydrogens is 358 g/mol. The van der Waals surface area contributed by atoms with Crippen LogP contribution in [0.25, 0.3) is 0 Å². The molecule has 4 rings (SSSR count). The van der Waals surface area contributed by atoms with E-state index in [-0.39, 0.29) is 11.9 Å². The van der Waals surface area contributed by atoms with Gasteiger partial charge in [-0.1, -0.05) is 10.3 Å². The van der Waals surface area contributed by atoms with Crippen molar-refractivity contribution in [3.63, 3.8) is 0 Å². The van der Waals surface area contributed by atoms with Gasteiger partial charge in [-0.15, -0.1) is 0 Å². The minimum absolute atomic E-state index is 0.000395. The highest BCUT2D eigenvalue weighted by Gasteiger charge is 2.32. The lowest BCUT2D eigenvalue weighted by atomic mass is 10.1. The van der Waals surface area contributed by atoms with E-state index in [1.165, 1.54) is 0 Å². The highest BCUT2D eigenvalue weighted by atomic mass is 16.5. The van der Waals surface area contributed by atoms with Crippen LogP contribution in [-0.4, -0.2) is 27.7 Å². The first kappa shape index (κ1) is 18.3. The number of benzene rings is 1. The Labute approximate surface area is 163 Å². The lowest BCUT2D eigenvalue weighted by molar-refractivity contribution is 0.0731. The van der Waals surface area contributed by atoms with Crippen LogP contribution < -0.4 is 4.74 Å². The molecule has 146 valence electrons. The normalized spacial score (nSPS) is 16.5. The van der Waals surface area contributed by atoms with Crippen molar-refractivity contribution in [3.8, 4) is 5.75 Å². The largest absolute Gasteiger partial charge is 0.489 e. The van der Waals surface area contributed by atoms with Gasteiger partial charge in [0.25, 0.3) is 5.91 Å². The second-order valence-electron chi connectivity index (χ2n) is 7.13. The molecule has 0 aliphatic carbocycles. The van der Waals surface area contributed by atoms with Crippen molar-refractivity contribution in [1.29, 1.82) is 0 Å². The number of hydrogen-bond acceptors (Lipinski definition) is 6. The van der Waals surface area contributed by atoms with E-state index >= 15 is 0 Å². The van der Waals surface area contributed by atoms with Crippen molar-refractivity contribution in [2.24, 2.45) is 0 Å². The molecule has 1 fully saturated rings. The summed E-state index contributed by atoms with van der Waals surface area (Å²) in [5.41, 5.74) is 3.23. The van der Waals surface area contributed by atoms with Gasteiger partial charge >= 0.3 is 0 Å². The van der Waals surface area contributed by atoms with Crippen molar-refractivity contribution in [2.45, 2.75) is 46.3 Å². The summed E-state index contributed by atoms with van der Waals surface area (Å²) in [5, 5.41) is 8.03. The molecule has 1 amide bonds. The summed E-state index contributed by atoms with van der Waals surface area (Å²) in [6.45, 7) is 6.72. The zero-order chi connectivity index (χ0) is 19.7. The van der Waals surface area contributed by atoms with Crippen LogP contribution in [0.5, 0.6) is 5.75 Å². The van der Waals surface area contributed by atoms with Crippen molar-refractivity contribution in [2.75, 3.05) is 6.54 Å². The van der Waals surface area contributed by atoms with Crippen LogP contribution in [0.1, 0.15) is 57.7 Å². The number of rotatable bonds is 5. The van der Waals surface area contributed by atoms with Gasteiger partial charge in [0, 0.05) is 18.2 Å². The number of carbonyl (C=O) groups is 1. The average molecular weight is 381 g/mol. The summed E-state index contributed by atoms with van der Waals surface area (Å²) in [4.78, 5) is 14.9. The molecule has 0 bridgehead atoms. The Morgan fingerprint density at radius 2 is 1.96 bits per heavy atom. The first-order chi connectivity index (χ1) is 13.5. The van der Waals surface area contributed by atoms with E-state index in [4.69, 9.17) is 13.8 Å². The lowest BCUT2D eigenvalue weighted by Crippen LogP contribution is -2.30. The Hall–Kier alpha value is -3.09. The van der Waals surface area contributed by atoms with Crippen LogP contribution >= 0.6 is 0 Å². The molecule has 1 aliphatic rings. The molecule has 1 atom stereocenters. The fourth-order valence-electron chi connectivity index (χ4n) is 3.58. The third-order valence-electron chi connectivity index (χ3n) is 5.17. The molecule has 0 radical (unpaired) electrons. The van der Waals surface area contributed by atoms with Crippen LogP contribution in [0.15, 0.2) is 39.4 Å². The number of likely N-dealkylation sites (tertiary alicyclic amines) is 1. The summed E-state index contributed by atoms with van der Waals surface area (Å²) < 4.78 is 16.2. The van der Waals surface area contributed by atoms with E-state index < -0.39 is 0 Å². The number of amides is 1. The van der Waals surface area contributed by atoms with Gasteiger partial charge in [0.05, 0.1) is 17.3 Å². The number of aryl methyl sites for hydroxylation is 3. The number of aromatic nitrogens is 2. The zero-order valence-electron chi connectivity index (χ0n) is 16.3. The van der Waals surface area contributed by atoms with Crippen molar-refractivity contribution in [3.05, 3.63) is 64.4 Å². The van der Waals surface area contributed by atoms with Gasteiger partial charge < -0.3 is 18.7 Å². The van der Waals surface area contributed by atoms with Gasteiger partial charge in [0.2, 0.25) is 0 Å². The highest BCUT2D eigenvalue weighted by Crippen LogP contribution is 2.33. The van der Waals surface area contributed by atoms with Crippen molar-refractivity contribution in [1.82, 2.24) is 15.2 Å². The molecule has 0 spiro atoms. The maximum atomic E-state index is 13.0. The van der Waals surface area contributed by atoms with Crippen LogP contribution in [0.2, 0.25) is 0 Å². The average Bonchev–Trinajstić information content (AvgIpc) is 3.41. The molecule has 0 unspecified atom stereocenters. The molecule has 7 heteroatoms. The molecule has 3 aromatic rings.